The lowest BCUT2D eigenvalue weighted by molar-refractivity contribution is -0.389. The number of nitrogens with zero attached hydrogens (tertiary/aromatic N) is 3. The van der Waals surface area contributed by atoms with Gasteiger partial charge in [0.25, 0.3) is 0 Å². The minimum atomic E-state index is -0.490. The maximum Gasteiger partial charge on any atom is 0.389 e. The van der Waals surface area contributed by atoms with Crippen molar-refractivity contribution in [3.05, 3.63) is 52.2 Å². The Balaban J connectivity index is 1.84. The zero-order valence-electron chi connectivity index (χ0n) is 9.82. The zero-order valence-corrected chi connectivity index (χ0v) is 9.82. The Morgan fingerprint density at radius 3 is 2.61 bits per heavy atom. The van der Waals surface area contributed by atoms with Gasteiger partial charge in [-0.05, 0) is 35.5 Å². The Labute approximate surface area is 104 Å². The molecule has 0 fully saturated rings. The van der Waals surface area contributed by atoms with Gasteiger partial charge in [-0.25, -0.2) is 0 Å². The molecule has 6 heteroatoms. The normalized spacial score (nSPS) is 10.4. The summed E-state index contributed by atoms with van der Waals surface area (Å²) in [6.45, 7) is 0.665. The van der Waals surface area contributed by atoms with E-state index in [1.165, 1.54) is 11.6 Å². The molecule has 0 aliphatic rings. The topological polar surface area (TPSA) is 87.0 Å². The van der Waals surface area contributed by atoms with Gasteiger partial charge in [0.1, 0.15) is 0 Å². The van der Waals surface area contributed by atoms with E-state index in [4.69, 9.17) is 5.73 Å². The van der Waals surface area contributed by atoms with E-state index >= 15 is 0 Å². The summed E-state index contributed by atoms with van der Waals surface area (Å²) in [5.74, 6) is -0.109. The van der Waals surface area contributed by atoms with Crippen LogP contribution in [0.4, 0.5) is 11.5 Å². The molecule has 1 aromatic heterocycles. The van der Waals surface area contributed by atoms with Gasteiger partial charge >= 0.3 is 5.82 Å². The number of benzene rings is 1. The molecule has 0 bridgehead atoms. The second-order valence-corrected chi connectivity index (χ2v) is 4.04. The molecule has 1 aromatic carbocycles. The highest BCUT2D eigenvalue weighted by atomic mass is 16.6. The van der Waals surface area contributed by atoms with Gasteiger partial charge in [0.2, 0.25) is 0 Å². The first-order chi connectivity index (χ1) is 8.65. The van der Waals surface area contributed by atoms with Crippen molar-refractivity contribution in [3.8, 4) is 0 Å². The minimum absolute atomic E-state index is 0.109. The van der Waals surface area contributed by atoms with E-state index in [1.807, 2.05) is 24.3 Å². The summed E-state index contributed by atoms with van der Waals surface area (Å²) in [7, 11) is 0. The molecule has 2 N–H and O–H groups in total. The van der Waals surface area contributed by atoms with Crippen molar-refractivity contribution in [2.75, 3.05) is 5.73 Å². The Hall–Kier alpha value is -2.37. The number of nitro groups is 1. The van der Waals surface area contributed by atoms with Crippen LogP contribution < -0.4 is 5.73 Å². The molecule has 0 spiro atoms. The Bertz CT molecular complexity index is 533. The van der Waals surface area contributed by atoms with Crippen LogP contribution in [0.2, 0.25) is 0 Å². The van der Waals surface area contributed by atoms with Crippen LogP contribution in [0.3, 0.4) is 0 Å². The molecule has 0 aliphatic heterocycles. The monoisotopic (exact) mass is 246 g/mol. The first-order valence-electron chi connectivity index (χ1n) is 5.67. The van der Waals surface area contributed by atoms with E-state index < -0.39 is 4.92 Å². The number of anilines is 1. The van der Waals surface area contributed by atoms with Crippen LogP contribution in [0.25, 0.3) is 0 Å². The maximum atomic E-state index is 10.5. The molecule has 94 valence electrons. The van der Waals surface area contributed by atoms with Crippen LogP contribution >= 0.6 is 0 Å². The molecule has 0 saturated heterocycles. The van der Waals surface area contributed by atoms with Crippen molar-refractivity contribution in [3.63, 3.8) is 0 Å². The molecule has 0 atom stereocenters. The van der Waals surface area contributed by atoms with Gasteiger partial charge in [0.05, 0.1) is 23.9 Å². The number of hydrogen-bond acceptors (Lipinski definition) is 4. The fourth-order valence-electron chi connectivity index (χ4n) is 1.70. The number of nitrogen functional groups attached to an aromatic ring is 1. The van der Waals surface area contributed by atoms with Crippen molar-refractivity contribution in [1.82, 2.24) is 9.78 Å². The van der Waals surface area contributed by atoms with Crippen LogP contribution in [0.15, 0.2) is 36.5 Å². The summed E-state index contributed by atoms with van der Waals surface area (Å²) in [6.07, 6.45) is 3.40. The molecule has 2 rings (SSSR count). The zero-order chi connectivity index (χ0) is 13.0. The Kier molecular flexibility index (Phi) is 3.57. The van der Waals surface area contributed by atoms with Crippen LogP contribution in [0, 0.1) is 10.1 Å². The molecular weight excluding hydrogens is 232 g/mol. The third-order valence-electron chi connectivity index (χ3n) is 2.65. The highest BCUT2D eigenvalue weighted by Gasteiger charge is 2.09. The van der Waals surface area contributed by atoms with Crippen LogP contribution in [0.1, 0.15) is 12.0 Å². The SMILES string of the molecule is Nc1ccc(CCCn2ccc([N+](=O)[O-])n2)cc1. The molecule has 0 radical (unpaired) electrons. The van der Waals surface area contributed by atoms with Crippen LogP contribution in [0.5, 0.6) is 0 Å². The summed E-state index contributed by atoms with van der Waals surface area (Å²) >= 11 is 0. The van der Waals surface area contributed by atoms with Gasteiger partial charge in [0, 0.05) is 5.69 Å². The number of nitrogens with two attached hydrogens (primary N) is 1. The number of aromatic nitrogens is 2. The molecule has 0 aliphatic carbocycles. The standard InChI is InChI=1S/C12H14N4O2/c13-11-5-3-10(4-6-11)2-1-8-15-9-7-12(14-15)16(17)18/h3-7,9H,1-2,8,13H2. The van der Waals surface area contributed by atoms with E-state index in [0.29, 0.717) is 6.54 Å². The van der Waals surface area contributed by atoms with Crippen molar-refractivity contribution in [1.29, 1.82) is 0 Å². The smallest absolute Gasteiger partial charge is 0.389 e. The summed E-state index contributed by atoms with van der Waals surface area (Å²) in [6, 6.07) is 9.12. The van der Waals surface area contributed by atoms with E-state index in [-0.39, 0.29) is 5.82 Å². The summed E-state index contributed by atoms with van der Waals surface area (Å²) in [5, 5.41) is 14.3. The van der Waals surface area contributed by atoms with Crippen molar-refractivity contribution in [2.45, 2.75) is 19.4 Å². The van der Waals surface area contributed by atoms with Gasteiger partial charge in [-0.15, -0.1) is 0 Å². The molecule has 0 unspecified atom stereocenters. The molecule has 1 heterocycles. The fourth-order valence-corrected chi connectivity index (χ4v) is 1.70. The van der Waals surface area contributed by atoms with Crippen molar-refractivity contribution in [2.24, 2.45) is 0 Å². The van der Waals surface area contributed by atoms with E-state index in [0.717, 1.165) is 18.5 Å². The average Bonchev–Trinajstić information content (AvgIpc) is 2.81. The number of hydrogen-bond donors (Lipinski definition) is 1. The first-order valence-corrected chi connectivity index (χ1v) is 5.67. The van der Waals surface area contributed by atoms with Crippen LogP contribution in [-0.2, 0) is 13.0 Å². The van der Waals surface area contributed by atoms with Crippen LogP contribution in [-0.4, -0.2) is 14.7 Å². The second kappa shape index (κ2) is 5.31. The highest BCUT2D eigenvalue weighted by molar-refractivity contribution is 5.39. The molecular formula is C12H14N4O2. The third-order valence-corrected chi connectivity index (χ3v) is 2.65. The number of aryl methyl sites for hydroxylation is 2. The van der Waals surface area contributed by atoms with Gasteiger partial charge < -0.3 is 15.8 Å². The predicted molar refractivity (Wildman–Crippen MR) is 68.1 cm³/mol. The molecule has 18 heavy (non-hydrogen) atoms. The molecule has 2 aromatic rings. The lowest BCUT2D eigenvalue weighted by atomic mass is 10.1. The predicted octanol–water partition coefficient (Wildman–Crippen LogP) is 2.01. The van der Waals surface area contributed by atoms with E-state index in [2.05, 4.69) is 5.10 Å². The third kappa shape index (κ3) is 3.07. The summed E-state index contributed by atoms with van der Waals surface area (Å²) in [5.41, 5.74) is 7.55. The van der Waals surface area contributed by atoms with Crippen molar-refractivity contribution < 1.29 is 4.92 Å². The molecule has 6 nitrogen and oxygen atoms in total. The maximum absolute atomic E-state index is 10.5. The minimum Gasteiger partial charge on any atom is -0.399 e. The van der Waals surface area contributed by atoms with Gasteiger partial charge in [-0.2, -0.15) is 4.68 Å². The number of rotatable bonds is 5. The average molecular weight is 246 g/mol. The fraction of sp³-hybridized carbons (Fsp3) is 0.250. The van der Waals surface area contributed by atoms with Crippen molar-refractivity contribution >= 4 is 11.5 Å². The van der Waals surface area contributed by atoms with Gasteiger partial charge in [-0.1, -0.05) is 12.1 Å². The van der Waals surface area contributed by atoms with Gasteiger partial charge in [0.15, 0.2) is 0 Å². The highest BCUT2D eigenvalue weighted by Crippen LogP contribution is 2.09. The molecule has 0 saturated carbocycles. The quantitative estimate of drug-likeness (QED) is 0.496. The largest absolute Gasteiger partial charge is 0.399 e. The Morgan fingerprint density at radius 1 is 1.28 bits per heavy atom. The summed E-state index contributed by atoms with van der Waals surface area (Å²) < 4.78 is 1.59. The van der Waals surface area contributed by atoms with Gasteiger partial charge in [-0.3, -0.25) is 0 Å². The lowest BCUT2D eigenvalue weighted by Crippen LogP contribution is -2.01. The molecule has 0 amide bonds. The van der Waals surface area contributed by atoms with E-state index in [1.54, 1.807) is 10.9 Å². The first kappa shape index (κ1) is 12.1. The van der Waals surface area contributed by atoms with E-state index in [9.17, 15) is 10.1 Å². The Morgan fingerprint density at radius 2 is 2.00 bits per heavy atom. The lowest BCUT2D eigenvalue weighted by Gasteiger charge is -2.00. The second-order valence-electron chi connectivity index (χ2n) is 4.04. The summed E-state index contributed by atoms with van der Waals surface area (Å²) in [4.78, 5) is 9.97.